The average molecular weight is 207 g/mol. The van der Waals surface area contributed by atoms with Gasteiger partial charge in [-0.2, -0.15) is 0 Å². The molecule has 0 aliphatic heterocycles. The third-order valence-electron chi connectivity index (χ3n) is 2.56. The van der Waals surface area contributed by atoms with E-state index in [4.69, 9.17) is 0 Å². The Morgan fingerprint density at radius 1 is 1.20 bits per heavy atom. The molecular weight excluding hydrogens is 186 g/mol. The van der Waals surface area contributed by atoms with E-state index >= 15 is 0 Å². The number of rotatable bonds is 6. The summed E-state index contributed by atoms with van der Waals surface area (Å²) < 4.78 is 0. The molecule has 0 aromatic carbocycles. The van der Waals surface area contributed by atoms with Crippen molar-refractivity contribution in [1.82, 2.24) is 4.98 Å². The SMILES string of the molecule is CC(C)CCCCCc1cccc(=O)[nH]1. The number of aromatic nitrogens is 1. The summed E-state index contributed by atoms with van der Waals surface area (Å²) >= 11 is 0. The molecule has 0 aliphatic carbocycles. The fourth-order valence-corrected chi connectivity index (χ4v) is 1.68. The fourth-order valence-electron chi connectivity index (χ4n) is 1.68. The summed E-state index contributed by atoms with van der Waals surface area (Å²) in [5.74, 6) is 0.807. The third kappa shape index (κ3) is 5.40. The van der Waals surface area contributed by atoms with Crippen molar-refractivity contribution in [3.05, 3.63) is 34.2 Å². The van der Waals surface area contributed by atoms with Gasteiger partial charge < -0.3 is 4.98 Å². The first-order chi connectivity index (χ1) is 7.18. The Morgan fingerprint density at radius 2 is 2.00 bits per heavy atom. The molecule has 15 heavy (non-hydrogen) atoms. The lowest BCUT2D eigenvalue weighted by Gasteiger charge is -2.04. The number of hydrogen-bond acceptors (Lipinski definition) is 1. The van der Waals surface area contributed by atoms with E-state index in [2.05, 4.69) is 18.8 Å². The molecule has 84 valence electrons. The van der Waals surface area contributed by atoms with E-state index in [9.17, 15) is 4.79 Å². The Morgan fingerprint density at radius 3 is 2.67 bits per heavy atom. The Kier molecular flexibility index (Phi) is 5.16. The van der Waals surface area contributed by atoms with Gasteiger partial charge in [0.05, 0.1) is 0 Å². The van der Waals surface area contributed by atoms with E-state index in [1.807, 2.05) is 12.1 Å². The molecule has 0 radical (unpaired) electrons. The van der Waals surface area contributed by atoms with Gasteiger partial charge in [-0.05, 0) is 24.8 Å². The Bertz CT molecular complexity index is 327. The molecule has 1 aromatic heterocycles. The molecule has 0 unspecified atom stereocenters. The highest BCUT2D eigenvalue weighted by atomic mass is 16.1. The summed E-state index contributed by atoms with van der Waals surface area (Å²) in [7, 11) is 0. The van der Waals surface area contributed by atoms with Crippen molar-refractivity contribution in [3.8, 4) is 0 Å². The maximum Gasteiger partial charge on any atom is 0.248 e. The van der Waals surface area contributed by atoms with Crippen LogP contribution in [0.5, 0.6) is 0 Å². The van der Waals surface area contributed by atoms with Gasteiger partial charge in [0, 0.05) is 11.8 Å². The minimum absolute atomic E-state index is 0.00896. The van der Waals surface area contributed by atoms with Gasteiger partial charge in [-0.25, -0.2) is 0 Å². The Balaban J connectivity index is 2.18. The number of H-pyrrole nitrogens is 1. The maximum atomic E-state index is 11.0. The quantitative estimate of drug-likeness (QED) is 0.714. The van der Waals surface area contributed by atoms with Gasteiger partial charge in [0.1, 0.15) is 0 Å². The van der Waals surface area contributed by atoms with Crippen LogP contribution in [0.2, 0.25) is 0 Å². The van der Waals surface area contributed by atoms with E-state index in [1.165, 1.54) is 25.7 Å². The van der Waals surface area contributed by atoms with Gasteiger partial charge in [-0.1, -0.05) is 39.2 Å². The molecular formula is C13H21NO. The highest BCUT2D eigenvalue weighted by Crippen LogP contribution is 2.09. The number of aryl methyl sites for hydroxylation is 1. The number of nitrogens with one attached hydrogen (secondary N) is 1. The Labute approximate surface area is 91.7 Å². The third-order valence-corrected chi connectivity index (χ3v) is 2.56. The number of unbranched alkanes of at least 4 members (excludes halogenated alkanes) is 2. The molecule has 2 heteroatoms. The second-order valence-electron chi connectivity index (χ2n) is 4.53. The van der Waals surface area contributed by atoms with Crippen LogP contribution in [0.4, 0.5) is 0 Å². The smallest absolute Gasteiger partial charge is 0.248 e. The van der Waals surface area contributed by atoms with Crippen LogP contribution in [-0.2, 0) is 6.42 Å². The lowest BCUT2D eigenvalue weighted by atomic mass is 10.0. The van der Waals surface area contributed by atoms with E-state index in [-0.39, 0.29) is 5.56 Å². The first-order valence-electron chi connectivity index (χ1n) is 5.86. The topological polar surface area (TPSA) is 32.9 Å². The van der Waals surface area contributed by atoms with Crippen LogP contribution in [0.1, 0.15) is 45.2 Å². The van der Waals surface area contributed by atoms with Crippen LogP contribution in [0.25, 0.3) is 0 Å². The zero-order valence-corrected chi connectivity index (χ0v) is 9.75. The summed E-state index contributed by atoms with van der Waals surface area (Å²) in [6, 6.07) is 5.37. The zero-order chi connectivity index (χ0) is 11.1. The van der Waals surface area contributed by atoms with E-state index < -0.39 is 0 Å². The minimum Gasteiger partial charge on any atom is -0.326 e. The molecule has 1 heterocycles. The van der Waals surface area contributed by atoms with Crippen molar-refractivity contribution >= 4 is 0 Å². The summed E-state index contributed by atoms with van der Waals surface area (Å²) in [5, 5.41) is 0. The molecule has 0 bridgehead atoms. The van der Waals surface area contributed by atoms with Gasteiger partial charge in [0.15, 0.2) is 0 Å². The predicted molar refractivity (Wildman–Crippen MR) is 64.1 cm³/mol. The molecule has 2 nitrogen and oxygen atoms in total. The van der Waals surface area contributed by atoms with Crippen LogP contribution < -0.4 is 5.56 Å². The van der Waals surface area contributed by atoms with Gasteiger partial charge in [-0.15, -0.1) is 0 Å². The van der Waals surface area contributed by atoms with Crippen molar-refractivity contribution < 1.29 is 0 Å². The van der Waals surface area contributed by atoms with Crippen LogP contribution >= 0.6 is 0 Å². The van der Waals surface area contributed by atoms with E-state index in [0.717, 1.165) is 18.0 Å². The lowest BCUT2D eigenvalue weighted by Crippen LogP contribution is -2.06. The van der Waals surface area contributed by atoms with Crippen molar-refractivity contribution in [3.63, 3.8) is 0 Å². The van der Waals surface area contributed by atoms with Crippen LogP contribution in [-0.4, -0.2) is 4.98 Å². The standard InChI is InChI=1S/C13H21NO/c1-11(2)7-4-3-5-8-12-9-6-10-13(15)14-12/h6,9-11H,3-5,7-8H2,1-2H3,(H,14,15). The molecule has 0 amide bonds. The van der Waals surface area contributed by atoms with Crippen LogP contribution in [0.3, 0.4) is 0 Å². The average Bonchev–Trinajstić information content (AvgIpc) is 2.17. The number of aromatic amines is 1. The van der Waals surface area contributed by atoms with Gasteiger partial charge in [0.2, 0.25) is 5.56 Å². The molecule has 1 N–H and O–H groups in total. The molecule has 1 aromatic rings. The first-order valence-corrected chi connectivity index (χ1v) is 5.86. The molecule has 0 saturated carbocycles. The summed E-state index contributed by atoms with van der Waals surface area (Å²) in [6.45, 7) is 4.52. The predicted octanol–water partition coefficient (Wildman–Crippen LogP) is 3.13. The molecule has 1 rings (SSSR count). The van der Waals surface area contributed by atoms with Gasteiger partial charge in [0.25, 0.3) is 0 Å². The summed E-state index contributed by atoms with van der Waals surface area (Å²) in [6.07, 6.45) is 6.04. The fraction of sp³-hybridized carbons (Fsp3) is 0.615. The molecule has 0 spiro atoms. The first kappa shape index (κ1) is 12.0. The van der Waals surface area contributed by atoms with Crippen molar-refractivity contribution in [2.45, 2.75) is 46.0 Å². The van der Waals surface area contributed by atoms with Crippen molar-refractivity contribution in [2.75, 3.05) is 0 Å². The monoisotopic (exact) mass is 207 g/mol. The molecule has 0 aliphatic rings. The summed E-state index contributed by atoms with van der Waals surface area (Å²) in [5.41, 5.74) is 1.07. The molecule has 0 fully saturated rings. The Hall–Kier alpha value is -1.05. The highest BCUT2D eigenvalue weighted by molar-refractivity contribution is 5.03. The highest BCUT2D eigenvalue weighted by Gasteiger charge is 1.96. The number of pyridine rings is 1. The second-order valence-corrected chi connectivity index (χ2v) is 4.53. The lowest BCUT2D eigenvalue weighted by molar-refractivity contribution is 0.526. The summed E-state index contributed by atoms with van der Waals surface area (Å²) in [4.78, 5) is 13.9. The maximum absolute atomic E-state index is 11.0. The van der Waals surface area contributed by atoms with Gasteiger partial charge in [-0.3, -0.25) is 4.79 Å². The van der Waals surface area contributed by atoms with E-state index in [1.54, 1.807) is 6.07 Å². The second kappa shape index (κ2) is 6.44. The molecule has 0 saturated heterocycles. The minimum atomic E-state index is 0.00896. The van der Waals surface area contributed by atoms with Crippen LogP contribution in [0, 0.1) is 5.92 Å². The van der Waals surface area contributed by atoms with Crippen molar-refractivity contribution in [1.29, 1.82) is 0 Å². The largest absolute Gasteiger partial charge is 0.326 e. The molecule has 0 atom stereocenters. The normalized spacial score (nSPS) is 10.9. The van der Waals surface area contributed by atoms with Crippen LogP contribution in [0.15, 0.2) is 23.0 Å². The zero-order valence-electron chi connectivity index (χ0n) is 9.75. The van der Waals surface area contributed by atoms with Gasteiger partial charge >= 0.3 is 0 Å². The van der Waals surface area contributed by atoms with Crippen molar-refractivity contribution in [2.24, 2.45) is 5.92 Å². The number of hydrogen-bond donors (Lipinski definition) is 1. The van der Waals surface area contributed by atoms with E-state index in [0.29, 0.717) is 0 Å².